The number of hydrogen-bond donors (Lipinski definition) is 1. The number of hydrogen-bond acceptors (Lipinski definition) is 3. The second kappa shape index (κ2) is 7.01. The van der Waals surface area contributed by atoms with E-state index in [9.17, 15) is 0 Å². The summed E-state index contributed by atoms with van der Waals surface area (Å²) in [6, 6.07) is 1.58. The zero-order valence-corrected chi connectivity index (χ0v) is 12.3. The van der Waals surface area contributed by atoms with Crippen molar-refractivity contribution in [2.45, 2.75) is 62.8 Å². The normalized spacial score (nSPS) is 36.7. The van der Waals surface area contributed by atoms with E-state index in [2.05, 4.69) is 35.2 Å². The molecule has 1 saturated carbocycles. The summed E-state index contributed by atoms with van der Waals surface area (Å²) in [6.07, 6.45) is 10.7. The van der Waals surface area contributed by atoms with E-state index in [1.807, 2.05) is 0 Å². The monoisotopic (exact) mass is 256 g/mol. The molecule has 1 saturated heterocycles. The summed E-state index contributed by atoms with van der Waals surface area (Å²) in [5.74, 6) is 0. The average Bonchev–Trinajstić information content (AvgIpc) is 2.64. The zero-order valence-electron chi connectivity index (χ0n) is 11.5. The Labute approximate surface area is 111 Å². The van der Waals surface area contributed by atoms with Crippen LogP contribution in [0.5, 0.6) is 0 Å². The van der Waals surface area contributed by atoms with Crippen molar-refractivity contribution >= 4 is 11.8 Å². The van der Waals surface area contributed by atoms with Crippen LogP contribution in [0.3, 0.4) is 0 Å². The van der Waals surface area contributed by atoms with Gasteiger partial charge in [-0.05, 0) is 45.0 Å². The lowest BCUT2D eigenvalue weighted by molar-refractivity contribution is 0.158. The van der Waals surface area contributed by atoms with Gasteiger partial charge in [0.2, 0.25) is 0 Å². The van der Waals surface area contributed by atoms with E-state index in [1.54, 1.807) is 0 Å². The Morgan fingerprint density at radius 3 is 2.82 bits per heavy atom. The second-order valence-electron chi connectivity index (χ2n) is 5.53. The fourth-order valence-electron chi connectivity index (χ4n) is 3.37. The Bertz CT molecular complexity index is 222. The van der Waals surface area contributed by atoms with Gasteiger partial charge in [0.1, 0.15) is 0 Å². The van der Waals surface area contributed by atoms with Crippen LogP contribution in [0.2, 0.25) is 0 Å². The molecule has 2 nitrogen and oxygen atoms in total. The van der Waals surface area contributed by atoms with E-state index < -0.39 is 0 Å². The first-order chi connectivity index (χ1) is 8.35. The van der Waals surface area contributed by atoms with E-state index in [0.29, 0.717) is 0 Å². The maximum atomic E-state index is 3.68. The molecule has 0 radical (unpaired) electrons. The largest absolute Gasteiger partial charge is 0.313 e. The fourth-order valence-corrected chi connectivity index (χ4v) is 4.40. The summed E-state index contributed by atoms with van der Waals surface area (Å²) >= 11 is 2.10. The van der Waals surface area contributed by atoms with Crippen LogP contribution in [0.1, 0.15) is 45.4 Å². The number of nitrogens with one attached hydrogen (secondary N) is 1. The summed E-state index contributed by atoms with van der Waals surface area (Å²) < 4.78 is 0. The van der Waals surface area contributed by atoms with E-state index in [-0.39, 0.29) is 0 Å². The Hall–Kier alpha value is 0.270. The van der Waals surface area contributed by atoms with Crippen LogP contribution in [-0.4, -0.2) is 48.1 Å². The van der Waals surface area contributed by atoms with Gasteiger partial charge in [-0.3, -0.25) is 4.90 Å². The minimum absolute atomic E-state index is 0.724. The van der Waals surface area contributed by atoms with Crippen molar-refractivity contribution in [3.05, 3.63) is 0 Å². The molecule has 3 unspecified atom stereocenters. The van der Waals surface area contributed by atoms with Crippen molar-refractivity contribution in [2.24, 2.45) is 0 Å². The van der Waals surface area contributed by atoms with Gasteiger partial charge in [-0.25, -0.2) is 0 Å². The summed E-state index contributed by atoms with van der Waals surface area (Å²) in [7, 11) is 0. The van der Waals surface area contributed by atoms with Gasteiger partial charge in [0, 0.05) is 23.9 Å². The van der Waals surface area contributed by atoms with Gasteiger partial charge in [0.25, 0.3) is 0 Å². The fraction of sp³-hybridized carbons (Fsp3) is 1.00. The van der Waals surface area contributed by atoms with E-state index in [1.165, 1.54) is 58.2 Å². The second-order valence-corrected chi connectivity index (χ2v) is 6.61. The molecule has 0 aromatic carbocycles. The predicted molar refractivity (Wildman–Crippen MR) is 77.8 cm³/mol. The summed E-state index contributed by atoms with van der Waals surface area (Å²) in [5, 5.41) is 4.57. The van der Waals surface area contributed by atoms with Crippen LogP contribution in [0.4, 0.5) is 0 Å². The predicted octanol–water partition coefficient (Wildman–Crippen LogP) is 2.73. The standard InChI is InChI=1S/C14H28N2S/c1-3-12-11-16(10-6-9-15-12)13-7-4-5-8-14(13)17-2/h12-15H,3-11H2,1-2H3. The van der Waals surface area contributed by atoms with Crippen LogP contribution in [0.15, 0.2) is 0 Å². The lowest BCUT2D eigenvalue weighted by atomic mass is 9.93. The van der Waals surface area contributed by atoms with Crippen molar-refractivity contribution in [3.8, 4) is 0 Å². The highest BCUT2D eigenvalue weighted by atomic mass is 32.2. The minimum atomic E-state index is 0.724. The quantitative estimate of drug-likeness (QED) is 0.836. The molecule has 0 amide bonds. The van der Waals surface area contributed by atoms with Gasteiger partial charge in [0.15, 0.2) is 0 Å². The molecule has 1 heterocycles. The maximum absolute atomic E-state index is 3.68. The maximum Gasteiger partial charge on any atom is 0.0215 e. The number of nitrogens with zero attached hydrogens (tertiary/aromatic N) is 1. The third-order valence-electron chi connectivity index (χ3n) is 4.44. The molecule has 17 heavy (non-hydrogen) atoms. The van der Waals surface area contributed by atoms with E-state index in [4.69, 9.17) is 0 Å². The average molecular weight is 256 g/mol. The molecular formula is C14H28N2S. The molecule has 1 aliphatic heterocycles. The molecule has 3 atom stereocenters. The van der Waals surface area contributed by atoms with Crippen molar-refractivity contribution in [1.29, 1.82) is 0 Å². The lowest BCUT2D eigenvalue weighted by Gasteiger charge is -2.39. The molecule has 100 valence electrons. The smallest absolute Gasteiger partial charge is 0.0215 e. The third kappa shape index (κ3) is 3.62. The van der Waals surface area contributed by atoms with Gasteiger partial charge in [0.05, 0.1) is 0 Å². The lowest BCUT2D eigenvalue weighted by Crippen LogP contribution is -2.48. The summed E-state index contributed by atoms with van der Waals surface area (Å²) in [4.78, 5) is 2.80. The molecule has 0 spiro atoms. The van der Waals surface area contributed by atoms with Gasteiger partial charge in [-0.15, -0.1) is 0 Å². The summed E-state index contributed by atoms with van der Waals surface area (Å²) in [6.45, 7) is 6.11. The Morgan fingerprint density at radius 1 is 1.24 bits per heavy atom. The SMILES string of the molecule is CCC1CN(C2CCCCC2SC)CCCN1. The highest BCUT2D eigenvalue weighted by Crippen LogP contribution is 2.31. The topological polar surface area (TPSA) is 15.3 Å². The molecule has 2 fully saturated rings. The highest BCUT2D eigenvalue weighted by Gasteiger charge is 2.31. The number of rotatable bonds is 3. The van der Waals surface area contributed by atoms with Crippen LogP contribution in [0.25, 0.3) is 0 Å². The molecule has 2 rings (SSSR count). The van der Waals surface area contributed by atoms with Gasteiger partial charge in [-0.2, -0.15) is 11.8 Å². The van der Waals surface area contributed by atoms with Crippen LogP contribution < -0.4 is 5.32 Å². The van der Waals surface area contributed by atoms with Crippen LogP contribution >= 0.6 is 11.8 Å². The molecule has 1 aliphatic carbocycles. The molecular weight excluding hydrogens is 228 g/mol. The molecule has 0 aromatic heterocycles. The van der Waals surface area contributed by atoms with Crippen LogP contribution in [-0.2, 0) is 0 Å². The van der Waals surface area contributed by atoms with Gasteiger partial charge in [-0.1, -0.05) is 19.8 Å². The van der Waals surface area contributed by atoms with E-state index >= 15 is 0 Å². The van der Waals surface area contributed by atoms with Gasteiger partial charge < -0.3 is 5.32 Å². The van der Waals surface area contributed by atoms with Crippen molar-refractivity contribution in [1.82, 2.24) is 10.2 Å². The first-order valence-corrected chi connectivity index (χ1v) is 8.64. The molecule has 1 N–H and O–H groups in total. The molecule has 0 aromatic rings. The minimum Gasteiger partial charge on any atom is -0.313 e. The summed E-state index contributed by atoms with van der Waals surface area (Å²) in [5.41, 5.74) is 0. The van der Waals surface area contributed by atoms with Crippen molar-refractivity contribution in [3.63, 3.8) is 0 Å². The number of thioether (sulfide) groups is 1. The Balaban J connectivity index is 1.97. The highest BCUT2D eigenvalue weighted by molar-refractivity contribution is 7.99. The molecule has 0 bridgehead atoms. The van der Waals surface area contributed by atoms with Gasteiger partial charge >= 0.3 is 0 Å². The molecule has 3 heteroatoms. The zero-order chi connectivity index (χ0) is 12.1. The Kier molecular flexibility index (Phi) is 5.64. The first kappa shape index (κ1) is 13.7. The van der Waals surface area contributed by atoms with Crippen molar-refractivity contribution < 1.29 is 0 Å². The first-order valence-electron chi connectivity index (χ1n) is 7.35. The van der Waals surface area contributed by atoms with Crippen LogP contribution in [0, 0.1) is 0 Å². The van der Waals surface area contributed by atoms with E-state index in [0.717, 1.165) is 17.3 Å². The third-order valence-corrected chi connectivity index (χ3v) is 5.60. The Morgan fingerprint density at radius 2 is 2.06 bits per heavy atom. The molecule has 2 aliphatic rings. The van der Waals surface area contributed by atoms with Crippen molar-refractivity contribution in [2.75, 3.05) is 25.9 Å².